The van der Waals surface area contributed by atoms with Gasteiger partial charge in [-0.25, -0.2) is 9.97 Å². The molecule has 0 saturated heterocycles. The molecule has 3 heterocycles. The van der Waals surface area contributed by atoms with Gasteiger partial charge in [-0.2, -0.15) is 0 Å². The molecule has 1 fully saturated rings. The number of carbonyl (C=O) groups excluding carboxylic acids is 1. The number of hydrogen-bond acceptors (Lipinski definition) is 6. The van der Waals surface area contributed by atoms with E-state index in [1.54, 1.807) is 6.07 Å². The minimum atomic E-state index is -0.227. The fraction of sp³-hybridized carbons (Fsp3) is 0.333. The van der Waals surface area contributed by atoms with Crippen LogP contribution in [0.3, 0.4) is 0 Å². The Balaban J connectivity index is 1.29. The van der Waals surface area contributed by atoms with Crippen LogP contribution in [-0.4, -0.2) is 38.7 Å². The first kappa shape index (κ1) is 16.3. The number of aromatic nitrogens is 4. The second-order valence-corrected chi connectivity index (χ2v) is 6.32. The lowest BCUT2D eigenvalue weighted by molar-refractivity contribution is 0.0946. The summed E-state index contributed by atoms with van der Waals surface area (Å²) < 4.78 is 7.12. The van der Waals surface area contributed by atoms with Crippen molar-refractivity contribution in [1.82, 2.24) is 25.0 Å². The quantitative estimate of drug-likeness (QED) is 0.633. The molecular weight excluding hydrogens is 332 g/mol. The van der Waals surface area contributed by atoms with Gasteiger partial charge in [0.2, 0.25) is 0 Å². The summed E-state index contributed by atoms with van der Waals surface area (Å²) in [5.41, 5.74) is 0.333. The molecule has 0 bridgehead atoms. The Morgan fingerprint density at radius 2 is 2.04 bits per heavy atom. The molecule has 26 heavy (non-hydrogen) atoms. The second-order valence-electron chi connectivity index (χ2n) is 6.32. The molecule has 1 aliphatic carbocycles. The summed E-state index contributed by atoms with van der Waals surface area (Å²) in [5.74, 6) is 3.22. The van der Waals surface area contributed by atoms with Crippen LogP contribution in [0, 0.1) is 6.92 Å². The number of carbonyl (C=O) groups is 1. The molecule has 0 spiro atoms. The van der Waals surface area contributed by atoms with Gasteiger partial charge >= 0.3 is 0 Å². The predicted octanol–water partition coefficient (Wildman–Crippen LogP) is 2.28. The van der Waals surface area contributed by atoms with E-state index in [9.17, 15) is 4.79 Å². The van der Waals surface area contributed by atoms with E-state index in [4.69, 9.17) is 4.52 Å². The van der Waals surface area contributed by atoms with E-state index >= 15 is 0 Å². The van der Waals surface area contributed by atoms with Crippen LogP contribution in [0.2, 0.25) is 0 Å². The molecule has 134 valence electrons. The Kier molecular flexibility index (Phi) is 4.39. The molecular formula is C18H20N6O2. The maximum atomic E-state index is 12.1. The van der Waals surface area contributed by atoms with Gasteiger partial charge in [0.1, 0.15) is 23.2 Å². The lowest BCUT2D eigenvalue weighted by Gasteiger charge is -2.09. The Labute approximate surface area is 150 Å². The zero-order valence-corrected chi connectivity index (χ0v) is 14.5. The molecule has 1 saturated carbocycles. The van der Waals surface area contributed by atoms with Crippen molar-refractivity contribution in [1.29, 1.82) is 0 Å². The van der Waals surface area contributed by atoms with Gasteiger partial charge in [-0.3, -0.25) is 4.79 Å². The van der Waals surface area contributed by atoms with Gasteiger partial charge in [-0.1, -0.05) is 5.16 Å². The van der Waals surface area contributed by atoms with Gasteiger partial charge in [-0.15, -0.1) is 0 Å². The lowest BCUT2D eigenvalue weighted by Crippen LogP contribution is -2.29. The minimum Gasteiger partial charge on any atom is -0.368 e. The van der Waals surface area contributed by atoms with Crippen LogP contribution in [0.4, 0.5) is 5.82 Å². The highest BCUT2D eigenvalue weighted by molar-refractivity contribution is 5.92. The summed E-state index contributed by atoms with van der Waals surface area (Å²) in [6.45, 7) is 2.84. The lowest BCUT2D eigenvalue weighted by atomic mass is 10.3. The molecule has 1 amide bonds. The van der Waals surface area contributed by atoms with Crippen molar-refractivity contribution < 1.29 is 9.32 Å². The largest absolute Gasteiger partial charge is 0.368 e. The van der Waals surface area contributed by atoms with Crippen molar-refractivity contribution in [2.45, 2.75) is 25.7 Å². The first-order valence-corrected chi connectivity index (χ1v) is 8.67. The van der Waals surface area contributed by atoms with Crippen LogP contribution in [-0.2, 0) is 0 Å². The average Bonchev–Trinajstić information content (AvgIpc) is 3.13. The van der Waals surface area contributed by atoms with E-state index in [0.717, 1.165) is 24.4 Å². The molecule has 8 heteroatoms. The van der Waals surface area contributed by atoms with Crippen molar-refractivity contribution in [2.24, 2.45) is 0 Å². The number of amides is 1. The third-order valence-electron chi connectivity index (χ3n) is 4.15. The highest BCUT2D eigenvalue weighted by Gasteiger charge is 2.28. The summed E-state index contributed by atoms with van der Waals surface area (Å²) in [6.07, 6.45) is 6.09. The van der Waals surface area contributed by atoms with Crippen molar-refractivity contribution in [3.8, 4) is 5.82 Å². The topological polar surface area (TPSA) is 97.9 Å². The number of hydrogen-bond donors (Lipinski definition) is 2. The molecule has 0 aliphatic heterocycles. The standard InChI is InChI=1S/C18H20N6O2/c1-12-21-16(11-17(22-12)24-8-2-3-9-24)19-6-7-20-18(25)14-10-15(26-23-14)13-4-5-13/h2-3,8-11,13H,4-7H2,1H3,(H,20,25)(H,19,21,22). The van der Waals surface area contributed by atoms with E-state index in [-0.39, 0.29) is 5.91 Å². The average molecular weight is 352 g/mol. The molecule has 3 aromatic heterocycles. The molecule has 3 aromatic rings. The van der Waals surface area contributed by atoms with Gasteiger partial charge in [-0.05, 0) is 31.9 Å². The number of nitrogens with zero attached hydrogens (tertiary/aromatic N) is 4. The van der Waals surface area contributed by atoms with Gasteiger partial charge in [0.05, 0.1) is 0 Å². The van der Waals surface area contributed by atoms with Gasteiger partial charge < -0.3 is 19.7 Å². The summed E-state index contributed by atoms with van der Waals surface area (Å²) >= 11 is 0. The van der Waals surface area contributed by atoms with E-state index < -0.39 is 0 Å². The van der Waals surface area contributed by atoms with E-state index in [0.29, 0.717) is 36.3 Å². The number of anilines is 1. The molecule has 0 aromatic carbocycles. The predicted molar refractivity (Wildman–Crippen MR) is 95.4 cm³/mol. The SMILES string of the molecule is Cc1nc(NCCNC(=O)c2cc(C3CC3)on2)cc(-n2cccc2)n1. The second kappa shape index (κ2) is 6.99. The van der Waals surface area contributed by atoms with Crippen LogP contribution >= 0.6 is 0 Å². The monoisotopic (exact) mass is 352 g/mol. The molecule has 0 unspecified atom stereocenters. The maximum absolute atomic E-state index is 12.1. The first-order chi connectivity index (χ1) is 12.7. The highest BCUT2D eigenvalue weighted by atomic mass is 16.5. The maximum Gasteiger partial charge on any atom is 0.273 e. The Bertz CT molecular complexity index is 898. The van der Waals surface area contributed by atoms with Gasteiger partial charge in [0.15, 0.2) is 5.69 Å². The minimum absolute atomic E-state index is 0.227. The normalized spacial score (nSPS) is 13.6. The van der Waals surface area contributed by atoms with Crippen LogP contribution in [0.25, 0.3) is 5.82 Å². The molecule has 4 rings (SSSR count). The third kappa shape index (κ3) is 3.74. The summed E-state index contributed by atoms with van der Waals surface area (Å²) in [6, 6.07) is 7.49. The smallest absolute Gasteiger partial charge is 0.273 e. The van der Waals surface area contributed by atoms with Crippen LogP contribution in [0.15, 0.2) is 41.2 Å². The van der Waals surface area contributed by atoms with Crippen molar-refractivity contribution in [2.75, 3.05) is 18.4 Å². The van der Waals surface area contributed by atoms with E-state index in [1.807, 2.05) is 42.1 Å². The van der Waals surface area contributed by atoms with E-state index in [1.165, 1.54) is 0 Å². The Morgan fingerprint density at radius 3 is 2.81 bits per heavy atom. The zero-order valence-electron chi connectivity index (χ0n) is 14.5. The van der Waals surface area contributed by atoms with Crippen LogP contribution in [0.5, 0.6) is 0 Å². The van der Waals surface area contributed by atoms with Crippen molar-refractivity contribution in [3.05, 3.63) is 53.9 Å². The summed E-state index contributed by atoms with van der Waals surface area (Å²) in [7, 11) is 0. The Hall–Kier alpha value is -3.16. The number of rotatable bonds is 7. The van der Waals surface area contributed by atoms with Gasteiger partial charge in [0.25, 0.3) is 5.91 Å². The molecule has 1 aliphatic rings. The highest BCUT2D eigenvalue weighted by Crippen LogP contribution is 2.40. The number of aryl methyl sites for hydroxylation is 1. The van der Waals surface area contributed by atoms with Crippen molar-refractivity contribution in [3.63, 3.8) is 0 Å². The van der Waals surface area contributed by atoms with Gasteiger partial charge in [0, 0.05) is 43.5 Å². The summed E-state index contributed by atoms with van der Waals surface area (Å²) in [5, 5.41) is 9.87. The third-order valence-corrected chi connectivity index (χ3v) is 4.15. The van der Waals surface area contributed by atoms with Crippen LogP contribution < -0.4 is 10.6 Å². The molecule has 0 atom stereocenters. The molecule has 0 radical (unpaired) electrons. The molecule has 8 nitrogen and oxygen atoms in total. The van der Waals surface area contributed by atoms with Crippen LogP contribution in [0.1, 0.15) is 40.8 Å². The zero-order chi connectivity index (χ0) is 17.9. The summed E-state index contributed by atoms with van der Waals surface area (Å²) in [4.78, 5) is 20.9. The van der Waals surface area contributed by atoms with Crippen molar-refractivity contribution >= 4 is 11.7 Å². The fourth-order valence-electron chi connectivity index (χ4n) is 2.68. The first-order valence-electron chi connectivity index (χ1n) is 8.67. The van der Waals surface area contributed by atoms with E-state index in [2.05, 4.69) is 25.8 Å². The fourth-order valence-corrected chi connectivity index (χ4v) is 2.68. The number of nitrogens with one attached hydrogen (secondary N) is 2. The Morgan fingerprint density at radius 1 is 1.23 bits per heavy atom. The molecule has 2 N–H and O–H groups in total.